The molecule has 0 aliphatic carbocycles. The lowest BCUT2D eigenvalue weighted by atomic mass is 9.97. The van der Waals surface area contributed by atoms with E-state index in [9.17, 15) is 9.90 Å². The molecule has 1 unspecified atom stereocenters. The second kappa shape index (κ2) is 7.02. The second-order valence-electron chi connectivity index (χ2n) is 4.67. The average molecular weight is 265 g/mol. The molecule has 1 amide bonds. The van der Waals surface area contributed by atoms with E-state index in [1.54, 1.807) is 13.2 Å². The summed E-state index contributed by atoms with van der Waals surface area (Å²) in [6.07, 6.45) is 0.861. The molecule has 1 atom stereocenters. The van der Waals surface area contributed by atoms with Gasteiger partial charge in [-0.1, -0.05) is 20.8 Å². The molecule has 0 heterocycles. The van der Waals surface area contributed by atoms with Crippen LogP contribution in [0.25, 0.3) is 0 Å². The van der Waals surface area contributed by atoms with Crippen LogP contribution in [-0.4, -0.2) is 24.9 Å². The number of amides is 1. The monoisotopic (exact) mass is 265 g/mol. The van der Waals surface area contributed by atoms with E-state index in [2.05, 4.69) is 13.8 Å². The number of hydrogen-bond donors (Lipinski definition) is 1. The van der Waals surface area contributed by atoms with Crippen molar-refractivity contribution in [2.75, 3.05) is 18.6 Å². The van der Waals surface area contributed by atoms with Crippen LogP contribution < -0.4 is 9.64 Å². The van der Waals surface area contributed by atoms with Crippen LogP contribution in [0.1, 0.15) is 45.1 Å². The van der Waals surface area contributed by atoms with Crippen LogP contribution in [0.3, 0.4) is 0 Å². The Hall–Kier alpha value is -1.71. The molecule has 4 heteroatoms. The quantitative estimate of drug-likeness (QED) is 0.842. The van der Waals surface area contributed by atoms with E-state index in [1.807, 2.05) is 19.1 Å². The number of rotatable bonds is 6. The van der Waals surface area contributed by atoms with E-state index in [0.29, 0.717) is 18.2 Å². The molecule has 0 fully saturated rings. The van der Waals surface area contributed by atoms with Crippen LogP contribution in [0.4, 0.5) is 10.5 Å². The summed E-state index contributed by atoms with van der Waals surface area (Å²) in [4.78, 5) is 12.7. The highest BCUT2D eigenvalue weighted by Gasteiger charge is 2.17. The van der Waals surface area contributed by atoms with Crippen molar-refractivity contribution in [3.8, 4) is 5.75 Å². The fourth-order valence-electron chi connectivity index (χ4n) is 2.05. The summed E-state index contributed by atoms with van der Waals surface area (Å²) < 4.78 is 5.36. The standard InChI is InChI=1S/C15H23NO3/c1-5-9-16(15(17)18)12-7-8-14(19-4)13(10-12)11(3)6-2/h7-8,10-11H,5-6,9H2,1-4H3,(H,17,18). The molecule has 4 nitrogen and oxygen atoms in total. The number of benzene rings is 1. The number of ether oxygens (including phenoxy) is 1. The number of methoxy groups -OCH3 is 1. The normalized spacial score (nSPS) is 12.0. The summed E-state index contributed by atoms with van der Waals surface area (Å²) in [5.41, 5.74) is 1.77. The van der Waals surface area contributed by atoms with Gasteiger partial charge in [0.15, 0.2) is 0 Å². The first kappa shape index (κ1) is 15.3. The third-order valence-corrected chi connectivity index (χ3v) is 3.35. The summed E-state index contributed by atoms with van der Waals surface area (Å²) in [5.74, 6) is 1.16. The van der Waals surface area contributed by atoms with E-state index < -0.39 is 6.09 Å². The van der Waals surface area contributed by atoms with Crippen LogP contribution >= 0.6 is 0 Å². The number of carboxylic acid groups (broad SMARTS) is 1. The Morgan fingerprint density at radius 3 is 2.58 bits per heavy atom. The lowest BCUT2D eigenvalue weighted by Crippen LogP contribution is -2.30. The number of hydrogen-bond acceptors (Lipinski definition) is 2. The summed E-state index contributed by atoms with van der Waals surface area (Å²) in [6, 6.07) is 5.58. The van der Waals surface area contributed by atoms with Crippen molar-refractivity contribution in [3.63, 3.8) is 0 Å². The smallest absolute Gasteiger partial charge is 0.411 e. The minimum atomic E-state index is -0.915. The van der Waals surface area contributed by atoms with Gasteiger partial charge in [0, 0.05) is 12.2 Å². The second-order valence-corrected chi connectivity index (χ2v) is 4.67. The highest BCUT2D eigenvalue weighted by atomic mass is 16.5. The van der Waals surface area contributed by atoms with Crippen LogP contribution in [0, 0.1) is 0 Å². The molecule has 0 aliphatic heterocycles. The number of anilines is 1. The molecule has 0 saturated carbocycles. The van der Waals surface area contributed by atoms with Crippen LogP contribution in [-0.2, 0) is 0 Å². The van der Waals surface area contributed by atoms with E-state index in [4.69, 9.17) is 4.74 Å². The predicted octanol–water partition coefficient (Wildman–Crippen LogP) is 4.10. The maximum Gasteiger partial charge on any atom is 0.411 e. The zero-order valence-electron chi connectivity index (χ0n) is 12.1. The Kier molecular flexibility index (Phi) is 5.67. The Bertz CT molecular complexity index is 431. The van der Waals surface area contributed by atoms with E-state index in [1.165, 1.54) is 4.90 Å². The first-order valence-corrected chi connectivity index (χ1v) is 6.73. The third kappa shape index (κ3) is 3.63. The highest BCUT2D eigenvalue weighted by Crippen LogP contribution is 2.32. The Morgan fingerprint density at radius 1 is 1.42 bits per heavy atom. The maximum atomic E-state index is 11.3. The number of nitrogens with zero attached hydrogens (tertiary/aromatic N) is 1. The topological polar surface area (TPSA) is 49.8 Å². The van der Waals surface area contributed by atoms with Crippen molar-refractivity contribution in [1.82, 2.24) is 0 Å². The molecule has 0 saturated heterocycles. The lowest BCUT2D eigenvalue weighted by Gasteiger charge is -2.22. The molecule has 0 bridgehead atoms. The van der Waals surface area contributed by atoms with Crippen molar-refractivity contribution in [3.05, 3.63) is 23.8 Å². The first-order chi connectivity index (χ1) is 9.04. The molecule has 1 aromatic rings. The highest BCUT2D eigenvalue weighted by molar-refractivity contribution is 5.86. The molecule has 1 N–H and O–H groups in total. The van der Waals surface area contributed by atoms with Gasteiger partial charge in [-0.3, -0.25) is 4.90 Å². The fourth-order valence-corrected chi connectivity index (χ4v) is 2.05. The zero-order valence-corrected chi connectivity index (χ0v) is 12.1. The maximum absolute atomic E-state index is 11.3. The van der Waals surface area contributed by atoms with Crippen LogP contribution in [0.5, 0.6) is 5.75 Å². The van der Waals surface area contributed by atoms with Crippen LogP contribution in [0.15, 0.2) is 18.2 Å². The van der Waals surface area contributed by atoms with Crippen molar-refractivity contribution >= 4 is 11.8 Å². The zero-order chi connectivity index (χ0) is 14.4. The van der Waals surface area contributed by atoms with Crippen LogP contribution in [0.2, 0.25) is 0 Å². The van der Waals surface area contributed by atoms with Crippen molar-refractivity contribution < 1.29 is 14.6 Å². The SMILES string of the molecule is CCCN(C(=O)O)c1ccc(OC)c(C(C)CC)c1. The summed E-state index contributed by atoms with van der Waals surface area (Å²) in [6.45, 7) is 6.70. The van der Waals surface area contributed by atoms with Crippen molar-refractivity contribution in [2.24, 2.45) is 0 Å². The molecule has 19 heavy (non-hydrogen) atoms. The lowest BCUT2D eigenvalue weighted by molar-refractivity contribution is 0.202. The van der Waals surface area contributed by atoms with E-state index in [-0.39, 0.29) is 0 Å². The Morgan fingerprint density at radius 2 is 2.11 bits per heavy atom. The molecule has 106 valence electrons. The van der Waals surface area contributed by atoms with Gasteiger partial charge in [0.05, 0.1) is 7.11 Å². The van der Waals surface area contributed by atoms with Crippen molar-refractivity contribution in [2.45, 2.75) is 39.5 Å². The average Bonchev–Trinajstić information content (AvgIpc) is 2.42. The van der Waals surface area contributed by atoms with E-state index in [0.717, 1.165) is 24.2 Å². The van der Waals surface area contributed by atoms with Gasteiger partial charge in [-0.05, 0) is 42.5 Å². The molecule has 0 aromatic heterocycles. The van der Waals surface area contributed by atoms with Gasteiger partial charge in [0.25, 0.3) is 0 Å². The molecule has 0 spiro atoms. The molecule has 0 radical (unpaired) electrons. The fraction of sp³-hybridized carbons (Fsp3) is 0.533. The summed E-state index contributed by atoms with van der Waals surface area (Å²) in [7, 11) is 1.64. The molecular formula is C15H23NO3. The summed E-state index contributed by atoms with van der Waals surface area (Å²) >= 11 is 0. The minimum absolute atomic E-state index is 0.340. The number of carbonyl (C=O) groups is 1. The minimum Gasteiger partial charge on any atom is -0.496 e. The van der Waals surface area contributed by atoms with Gasteiger partial charge in [-0.15, -0.1) is 0 Å². The third-order valence-electron chi connectivity index (χ3n) is 3.35. The largest absolute Gasteiger partial charge is 0.496 e. The van der Waals surface area contributed by atoms with Gasteiger partial charge in [-0.25, -0.2) is 4.79 Å². The predicted molar refractivity (Wildman–Crippen MR) is 77.4 cm³/mol. The first-order valence-electron chi connectivity index (χ1n) is 6.73. The Labute approximate surface area is 115 Å². The van der Waals surface area contributed by atoms with Crippen molar-refractivity contribution in [1.29, 1.82) is 0 Å². The van der Waals surface area contributed by atoms with E-state index >= 15 is 0 Å². The summed E-state index contributed by atoms with van der Waals surface area (Å²) in [5, 5.41) is 9.27. The van der Waals surface area contributed by atoms with Gasteiger partial charge >= 0.3 is 6.09 Å². The molecule has 1 aromatic carbocycles. The van der Waals surface area contributed by atoms with Gasteiger partial charge < -0.3 is 9.84 Å². The molecular weight excluding hydrogens is 242 g/mol. The van der Waals surface area contributed by atoms with Gasteiger partial charge in [0.2, 0.25) is 0 Å². The van der Waals surface area contributed by atoms with Gasteiger partial charge in [0.1, 0.15) is 5.75 Å². The molecule has 1 rings (SSSR count). The molecule has 0 aliphatic rings. The van der Waals surface area contributed by atoms with Gasteiger partial charge in [-0.2, -0.15) is 0 Å². The Balaban J connectivity index is 3.18.